The molecule has 0 bridgehead atoms. The van der Waals surface area contributed by atoms with E-state index in [0.717, 1.165) is 28.4 Å². The fraction of sp³-hybridized carbons (Fsp3) is 0.0357. The summed E-state index contributed by atoms with van der Waals surface area (Å²) in [5.74, 6) is 0. The number of para-hydroxylation sites is 2. The van der Waals surface area contributed by atoms with Gasteiger partial charge in [0.1, 0.15) is 0 Å². The van der Waals surface area contributed by atoms with Crippen molar-refractivity contribution in [1.82, 2.24) is 0 Å². The van der Waals surface area contributed by atoms with Crippen LogP contribution in [0, 0.1) is 13.8 Å². The number of hydrogen-bond donors (Lipinski definition) is 0. The van der Waals surface area contributed by atoms with Gasteiger partial charge in [-0.2, -0.15) is 0 Å². The van der Waals surface area contributed by atoms with Crippen LogP contribution in [-0.2, 0) is 0 Å². The van der Waals surface area contributed by atoms with E-state index in [1.54, 1.807) is 0 Å². The average molecular weight is 768 g/mol. The summed E-state index contributed by atoms with van der Waals surface area (Å²) in [4.78, 5) is 7.42. The number of anilines is 9. The molecular formula is C56H42BN3. The van der Waals surface area contributed by atoms with Crippen molar-refractivity contribution in [2.24, 2.45) is 0 Å². The first kappa shape index (κ1) is 35.6. The number of rotatable bonds is 7. The fourth-order valence-corrected chi connectivity index (χ4v) is 9.33. The van der Waals surface area contributed by atoms with Crippen molar-refractivity contribution in [2.75, 3.05) is 14.7 Å². The standard InChI is InChI=1S/C56H42BN3/c1-39-23-29-47(30-24-39)59-52-33-25-40(2)35-50(52)57-51-36-44(42-17-9-4-10-18-42)28-34-53(51)60(48-31-26-43(27-32-48)41-15-7-3-8-16-41)55-38-49(37-54(59)56(55)57)58(45-19-11-5-12-20-45)46-21-13-6-14-22-46/h3-38H,1-2H3. The molecule has 0 spiro atoms. The van der Waals surface area contributed by atoms with Crippen molar-refractivity contribution >= 4 is 74.3 Å². The van der Waals surface area contributed by atoms with Crippen LogP contribution in [0.4, 0.5) is 51.2 Å². The summed E-state index contributed by atoms with van der Waals surface area (Å²) in [6.07, 6.45) is 0. The van der Waals surface area contributed by atoms with E-state index in [9.17, 15) is 0 Å². The average Bonchev–Trinajstić information content (AvgIpc) is 3.31. The third kappa shape index (κ3) is 6.08. The monoisotopic (exact) mass is 767 g/mol. The first-order valence-corrected chi connectivity index (χ1v) is 20.8. The lowest BCUT2D eigenvalue weighted by Gasteiger charge is -2.45. The summed E-state index contributed by atoms with van der Waals surface area (Å²) in [5.41, 5.74) is 21.5. The first-order valence-electron chi connectivity index (χ1n) is 20.8. The van der Waals surface area contributed by atoms with E-state index in [4.69, 9.17) is 0 Å². The highest BCUT2D eigenvalue weighted by atomic mass is 15.2. The Morgan fingerprint density at radius 3 is 1.30 bits per heavy atom. The van der Waals surface area contributed by atoms with Gasteiger partial charge in [0.25, 0.3) is 6.71 Å². The van der Waals surface area contributed by atoms with Crippen LogP contribution >= 0.6 is 0 Å². The van der Waals surface area contributed by atoms with E-state index in [1.165, 1.54) is 72.5 Å². The minimum absolute atomic E-state index is 0.0129. The van der Waals surface area contributed by atoms with E-state index in [1.807, 2.05) is 0 Å². The smallest absolute Gasteiger partial charge is 0.252 e. The molecule has 11 rings (SSSR count). The highest BCUT2D eigenvalue weighted by Crippen LogP contribution is 2.48. The second-order valence-electron chi connectivity index (χ2n) is 16.0. The maximum Gasteiger partial charge on any atom is 0.252 e. The Labute approximate surface area is 353 Å². The molecule has 0 aromatic heterocycles. The van der Waals surface area contributed by atoms with Crippen LogP contribution in [-0.4, -0.2) is 6.71 Å². The van der Waals surface area contributed by atoms with Crippen molar-refractivity contribution in [1.29, 1.82) is 0 Å². The van der Waals surface area contributed by atoms with Gasteiger partial charge in [-0.05, 0) is 125 Å². The third-order valence-electron chi connectivity index (χ3n) is 12.1. The van der Waals surface area contributed by atoms with E-state index in [2.05, 4.69) is 247 Å². The van der Waals surface area contributed by atoms with Gasteiger partial charge in [-0.25, -0.2) is 0 Å². The summed E-state index contributed by atoms with van der Waals surface area (Å²) in [6.45, 7) is 4.37. The number of hydrogen-bond acceptors (Lipinski definition) is 3. The number of benzene rings is 9. The van der Waals surface area contributed by atoms with Crippen LogP contribution in [0.5, 0.6) is 0 Å². The molecule has 3 nitrogen and oxygen atoms in total. The zero-order valence-corrected chi connectivity index (χ0v) is 33.7. The first-order chi connectivity index (χ1) is 29.6. The summed E-state index contributed by atoms with van der Waals surface area (Å²) in [7, 11) is 0. The van der Waals surface area contributed by atoms with Crippen LogP contribution < -0.4 is 31.1 Å². The lowest BCUT2D eigenvalue weighted by atomic mass is 9.33. The number of fused-ring (bicyclic) bond motifs is 4. The predicted octanol–water partition coefficient (Wildman–Crippen LogP) is 13.2. The van der Waals surface area contributed by atoms with Gasteiger partial charge in [0.15, 0.2) is 0 Å². The van der Waals surface area contributed by atoms with E-state index >= 15 is 0 Å². The van der Waals surface area contributed by atoms with Crippen LogP contribution in [0.3, 0.4) is 0 Å². The number of nitrogens with zero attached hydrogens (tertiary/aromatic N) is 3. The minimum Gasteiger partial charge on any atom is -0.311 e. The van der Waals surface area contributed by atoms with Gasteiger partial charge in [0.2, 0.25) is 0 Å². The molecule has 0 aliphatic carbocycles. The minimum atomic E-state index is -0.0129. The summed E-state index contributed by atoms with van der Waals surface area (Å²) in [6, 6.07) is 80.1. The molecule has 0 saturated carbocycles. The molecule has 0 saturated heterocycles. The maximum atomic E-state index is 2.51. The van der Waals surface area contributed by atoms with Crippen molar-refractivity contribution in [2.45, 2.75) is 13.8 Å². The van der Waals surface area contributed by atoms with Crippen LogP contribution in [0.2, 0.25) is 0 Å². The van der Waals surface area contributed by atoms with Gasteiger partial charge in [-0.15, -0.1) is 0 Å². The molecular weight excluding hydrogens is 725 g/mol. The van der Waals surface area contributed by atoms with Gasteiger partial charge in [-0.3, -0.25) is 0 Å². The van der Waals surface area contributed by atoms with Crippen molar-refractivity contribution in [3.63, 3.8) is 0 Å². The molecule has 0 amide bonds. The molecule has 284 valence electrons. The summed E-state index contributed by atoms with van der Waals surface area (Å²) >= 11 is 0. The second-order valence-corrected chi connectivity index (χ2v) is 16.0. The highest BCUT2D eigenvalue weighted by molar-refractivity contribution is 7.00. The van der Waals surface area contributed by atoms with Crippen LogP contribution in [0.25, 0.3) is 22.3 Å². The highest BCUT2D eigenvalue weighted by Gasteiger charge is 2.44. The molecule has 60 heavy (non-hydrogen) atoms. The SMILES string of the molecule is Cc1ccc(N2c3ccc(C)cc3B3c4cc(-c5ccccc5)ccc4N(c4ccc(-c5ccccc5)cc4)c4cc(N(c5ccccc5)c5ccccc5)cc2c43)cc1. The van der Waals surface area contributed by atoms with E-state index in [0.29, 0.717) is 0 Å². The molecule has 0 unspecified atom stereocenters. The quantitative estimate of drug-likeness (QED) is 0.150. The van der Waals surface area contributed by atoms with Crippen LogP contribution in [0.15, 0.2) is 218 Å². The lowest BCUT2D eigenvalue weighted by molar-refractivity contribution is 1.22. The van der Waals surface area contributed by atoms with E-state index < -0.39 is 0 Å². The maximum absolute atomic E-state index is 2.51. The molecule has 2 aliphatic rings. The molecule has 9 aromatic carbocycles. The Hall–Kier alpha value is -7.56. The zero-order valence-electron chi connectivity index (χ0n) is 33.7. The van der Waals surface area contributed by atoms with E-state index in [-0.39, 0.29) is 6.71 Å². The molecule has 0 fully saturated rings. The molecule has 0 radical (unpaired) electrons. The summed E-state index contributed by atoms with van der Waals surface area (Å²) in [5, 5.41) is 0. The second kappa shape index (κ2) is 14.7. The van der Waals surface area contributed by atoms with Crippen LogP contribution in [0.1, 0.15) is 11.1 Å². The van der Waals surface area contributed by atoms with Crippen molar-refractivity contribution in [3.05, 3.63) is 230 Å². The van der Waals surface area contributed by atoms with Crippen molar-refractivity contribution in [3.8, 4) is 22.3 Å². The molecule has 0 atom stereocenters. The molecule has 0 N–H and O–H groups in total. The molecule has 4 heteroatoms. The molecule has 2 aliphatic heterocycles. The van der Waals surface area contributed by atoms with Gasteiger partial charge in [0, 0.05) is 45.5 Å². The lowest BCUT2D eigenvalue weighted by Crippen LogP contribution is -2.61. The molecule has 9 aromatic rings. The Bertz CT molecular complexity index is 2950. The Morgan fingerprint density at radius 2 is 0.750 bits per heavy atom. The third-order valence-corrected chi connectivity index (χ3v) is 12.1. The Kier molecular flexibility index (Phi) is 8.71. The molecule has 2 heterocycles. The Morgan fingerprint density at radius 1 is 0.333 bits per heavy atom. The summed E-state index contributed by atoms with van der Waals surface area (Å²) < 4.78 is 0. The van der Waals surface area contributed by atoms with Gasteiger partial charge < -0.3 is 14.7 Å². The normalized spacial score (nSPS) is 12.4. The zero-order chi connectivity index (χ0) is 40.2. The fourth-order valence-electron chi connectivity index (χ4n) is 9.33. The van der Waals surface area contributed by atoms with Gasteiger partial charge in [0.05, 0.1) is 5.69 Å². The van der Waals surface area contributed by atoms with Gasteiger partial charge >= 0.3 is 0 Å². The van der Waals surface area contributed by atoms with Gasteiger partial charge in [-0.1, -0.05) is 157 Å². The number of aryl methyl sites for hydroxylation is 2. The Balaban J connectivity index is 1.24. The topological polar surface area (TPSA) is 9.72 Å². The predicted molar refractivity (Wildman–Crippen MR) is 255 cm³/mol. The van der Waals surface area contributed by atoms with Crippen molar-refractivity contribution < 1.29 is 0 Å². The largest absolute Gasteiger partial charge is 0.311 e.